The SMILES string of the molecule is CCOC(=O)N1CCC(C(O[C]=O)N2CCNCC2)CC1. The Bertz CT molecular complexity index is 339. The first-order valence-electron chi connectivity index (χ1n) is 7.65. The summed E-state index contributed by atoms with van der Waals surface area (Å²) in [5.74, 6) is 0.246. The molecule has 2 heterocycles. The molecule has 1 unspecified atom stereocenters. The van der Waals surface area contributed by atoms with Gasteiger partial charge in [-0.3, -0.25) is 4.90 Å². The van der Waals surface area contributed by atoms with E-state index in [-0.39, 0.29) is 18.2 Å². The number of carbonyl (C=O) groups is 1. The third-order valence-electron chi connectivity index (χ3n) is 4.15. The molecule has 0 aromatic rings. The van der Waals surface area contributed by atoms with Gasteiger partial charge in [0, 0.05) is 45.2 Å². The van der Waals surface area contributed by atoms with Crippen molar-refractivity contribution < 1.29 is 19.1 Å². The molecule has 0 aromatic carbocycles. The molecule has 2 fully saturated rings. The molecule has 0 aliphatic carbocycles. The third kappa shape index (κ3) is 4.31. The van der Waals surface area contributed by atoms with Crippen LogP contribution < -0.4 is 5.32 Å². The van der Waals surface area contributed by atoms with Gasteiger partial charge in [0.15, 0.2) is 6.23 Å². The predicted octanol–water partition coefficient (Wildman–Crippen LogP) is 0.170. The fraction of sp³-hybridized carbons (Fsp3) is 0.857. The molecule has 0 saturated carbocycles. The molecule has 0 aromatic heterocycles. The average molecular weight is 298 g/mol. The number of nitrogens with zero attached hydrogens (tertiary/aromatic N) is 2. The lowest BCUT2D eigenvalue weighted by Gasteiger charge is -2.40. The van der Waals surface area contributed by atoms with Gasteiger partial charge in [0.25, 0.3) is 0 Å². The number of piperidine rings is 1. The number of hydrogen-bond donors (Lipinski definition) is 1. The van der Waals surface area contributed by atoms with Crippen LogP contribution in [0, 0.1) is 5.92 Å². The predicted molar refractivity (Wildman–Crippen MR) is 76.3 cm³/mol. The highest BCUT2D eigenvalue weighted by molar-refractivity contribution is 5.67. The van der Waals surface area contributed by atoms with Crippen molar-refractivity contribution in [1.82, 2.24) is 15.1 Å². The Hall–Kier alpha value is -1.34. The van der Waals surface area contributed by atoms with Crippen molar-refractivity contribution in [2.75, 3.05) is 45.9 Å². The second-order valence-electron chi connectivity index (χ2n) is 5.40. The van der Waals surface area contributed by atoms with Gasteiger partial charge in [-0.1, -0.05) is 0 Å². The maximum Gasteiger partial charge on any atom is 0.419 e. The largest absolute Gasteiger partial charge is 0.450 e. The molecule has 0 spiro atoms. The Kier molecular flexibility index (Phi) is 6.25. The highest BCUT2D eigenvalue weighted by Gasteiger charge is 2.34. The number of likely N-dealkylation sites (tertiary alicyclic amines) is 1. The number of carbonyl (C=O) groups excluding carboxylic acids is 2. The monoisotopic (exact) mass is 298 g/mol. The van der Waals surface area contributed by atoms with Crippen molar-refractivity contribution in [2.24, 2.45) is 5.92 Å². The minimum atomic E-state index is -0.252. The lowest BCUT2D eigenvalue weighted by atomic mass is 9.94. The van der Waals surface area contributed by atoms with Crippen LogP contribution in [0.4, 0.5) is 4.79 Å². The molecule has 1 atom stereocenters. The quantitative estimate of drug-likeness (QED) is 0.780. The number of rotatable bonds is 5. The summed E-state index contributed by atoms with van der Waals surface area (Å²) in [6.07, 6.45) is 1.15. The lowest BCUT2D eigenvalue weighted by Crippen LogP contribution is -2.53. The summed E-state index contributed by atoms with van der Waals surface area (Å²) in [4.78, 5) is 26.3. The Balaban J connectivity index is 1.87. The molecule has 119 valence electrons. The normalized spacial score (nSPS) is 22.6. The first kappa shape index (κ1) is 16.0. The van der Waals surface area contributed by atoms with Crippen molar-refractivity contribution in [2.45, 2.75) is 26.0 Å². The van der Waals surface area contributed by atoms with E-state index < -0.39 is 0 Å². The summed E-state index contributed by atoms with van der Waals surface area (Å²) < 4.78 is 10.2. The molecule has 21 heavy (non-hydrogen) atoms. The van der Waals surface area contributed by atoms with Gasteiger partial charge >= 0.3 is 12.6 Å². The van der Waals surface area contributed by atoms with Gasteiger partial charge < -0.3 is 19.7 Å². The van der Waals surface area contributed by atoms with E-state index in [4.69, 9.17) is 9.47 Å². The molecule has 2 aliphatic heterocycles. The number of ether oxygens (including phenoxy) is 2. The average Bonchev–Trinajstić information content (AvgIpc) is 2.54. The van der Waals surface area contributed by atoms with Crippen LogP contribution in [0.2, 0.25) is 0 Å². The van der Waals surface area contributed by atoms with Gasteiger partial charge in [-0.25, -0.2) is 9.59 Å². The highest BCUT2D eigenvalue weighted by Crippen LogP contribution is 2.25. The van der Waals surface area contributed by atoms with Crippen LogP contribution in [0.5, 0.6) is 0 Å². The van der Waals surface area contributed by atoms with Gasteiger partial charge in [0.2, 0.25) is 0 Å². The van der Waals surface area contributed by atoms with Crippen LogP contribution in [-0.2, 0) is 14.3 Å². The van der Waals surface area contributed by atoms with Crippen LogP contribution in [0.25, 0.3) is 0 Å². The highest BCUT2D eigenvalue weighted by atomic mass is 16.6. The van der Waals surface area contributed by atoms with Crippen LogP contribution in [0.1, 0.15) is 19.8 Å². The molecule has 1 N–H and O–H groups in total. The van der Waals surface area contributed by atoms with Crippen molar-refractivity contribution in [3.05, 3.63) is 0 Å². The van der Waals surface area contributed by atoms with Crippen LogP contribution >= 0.6 is 0 Å². The Morgan fingerprint density at radius 2 is 1.95 bits per heavy atom. The van der Waals surface area contributed by atoms with E-state index in [1.165, 1.54) is 0 Å². The summed E-state index contributed by atoms with van der Waals surface area (Å²) in [6, 6.07) is 0. The zero-order valence-corrected chi connectivity index (χ0v) is 12.5. The van der Waals surface area contributed by atoms with E-state index in [1.807, 2.05) is 0 Å². The second-order valence-corrected chi connectivity index (χ2v) is 5.40. The van der Waals surface area contributed by atoms with Crippen molar-refractivity contribution >= 4 is 12.6 Å². The molecule has 7 nitrogen and oxygen atoms in total. The minimum absolute atomic E-state index is 0.228. The van der Waals surface area contributed by atoms with Gasteiger partial charge in [0.1, 0.15) is 0 Å². The molecule has 1 amide bonds. The first-order valence-corrected chi connectivity index (χ1v) is 7.65. The zero-order valence-electron chi connectivity index (χ0n) is 12.5. The maximum atomic E-state index is 11.7. The number of amides is 1. The van der Waals surface area contributed by atoms with Crippen LogP contribution in [-0.4, -0.2) is 74.5 Å². The van der Waals surface area contributed by atoms with Crippen molar-refractivity contribution in [3.63, 3.8) is 0 Å². The smallest absolute Gasteiger partial charge is 0.419 e. The molecular weight excluding hydrogens is 274 g/mol. The van der Waals surface area contributed by atoms with Gasteiger partial charge in [-0.05, 0) is 19.8 Å². The molecule has 7 heteroatoms. The number of nitrogens with one attached hydrogen (secondary N) is 1. The van der Waals surface area contributed by atoms with Gasteiger partial charge in [0.05, 0.1) is 6.61 Å². The summed E-state index contributed by atoms with van der Waals surface area (Å²) in [6.45, 7) is 8.63. The first-order chi connectivity index (χ1) is 10.3. The molecule has 0 bridgehead atoms. The summed E-state index contributed by atoms with van der Waals surface area (Å²) in [7, 11) is 0. The molecule has 2 saturated heterocycles. The van der Waals surface area contributed by atoms with E-state index in [9.17, 15) is 9.59 Å². The molecule has 2 rings (SSSR count). The fourth-order valence-corrected chi connectivity index (χ4v) is 3.04. The van der Waals surface area contributed by atoms with Crippen molar-refractivity contribution in [1.29, 1.82) is 0 Å². The Labute approximate surface area is 125 Å². The summed E-state index contributed by atoms with van der Waals surface area (Å²) in [5.41, 5.74) is 0. The lowest BCUT2D eigenvalue weighted by molar-refractivity contribution is -0.0526. The number of piperazine rings is 1. The minimum Gasteiger partial charge on any atom is -0.450 e. The Morgan fingerprint density at radius 3 is 2.52 bits per heavy atom. The second kappa shape index (κ2) is 8.19. The van der Waals surface area contributed by atoms with Crippen LogP contribution in [0.3, 0.4) is 0 Å². The van der Waals surface area contributed by atoms with E-state index in [0.29, 0.717) is 19.7 Å². The molecular formula is C14H24N3O4. The fourth-order valence-electron chi connectivity index (χ4n) is 3.04. The van der Waals surface area contributed by atoms with E-state index >= 15 is 0 Å². The van der Waals surface area contributed by atoms with E-state index in [2.05, 4.69) is 10.2 Å². The zero-order chi connectivity index (χ0) is 15.1. The van der Waals surface area contributed by atoms with E-state index in [1.54, 1.807) is 18.3 Å². The van der Waals surface area contributed by atoms with Gasteiger partial charge in [-0.2, -0.15) is 0 Å². The summed E-state index contributed by atoms with van der Waals surface area (Å²) >= 11 is 0. The van der Waals surface area contributed by atoms with Crippen LogP contribution in [0.15, 0.2) is 0 Å². The topological polar surface area (TPSA) is 71.1 Å². The molecule has 1 radical (unpaired) electrons. The number of hydrogen-bond acceptors (Lipinski definition) is 6. The maximum absolute atomic E-state index is 11.7. The third-order valence-corrected chi connectivity index (χ3v) is 4.15. The van der Waals surface area contributed by atoms with Gasteiger partial charge in [-0.15, -0.1) is 0 Å². The van der Waals surface area contributed by atoms with Crippen molar-refractivity contribution in [3.8, 4) is 0 Å². The molecule has 2 aliphatic rings. The summed E-state index contributed by atoms with van der Waals surface area (Å²) in [5, 5.41) is 3.29. The standard InChI is InChI=1S/C14H24N3O4/c1-2-20-14(19)17-7-3-12(4-8-17)13(21-11-18)16-9-5-15-6-10-16/h12-13,15H,2-10H2,1H3. The van der Waals surface area contributed by atoms with E-state index in [0.717, 1.165) is 39.0 Å². The Morgan fingerprint density at radius 1 is 1.29 bits per heavy atom.